The first-order valence-corrected chi connectivity index (χ1v) is 5.46. The molecule has 1 aromatic rings. The number of hydrogen-bond acceptors (Lipinski definition) is 3. The van der Waals surface area contributed by atoms with Crippen molar-refractivity contribution in [3.05, 3.63) is 27.7 Å². The van der Waals surface area contributed by atoms with E-state index >= 15 is 0 Å². The van der Waals surface area contributed by atoms with E-state index in [2.05, 4.69) is 10.5 Å². The van der Waals surface area contributed by atoms with E-state index in [0.29, 0.717) is 23.0 Å². The second kappa shape index (κ2) is 5.82. The maximum atomic E-state index is 8.36. The molecule has 0 aliphatic heterocycles. The summed E-state index contributed by atoms with van der Waals surface area (Å²) in [6.07, 6.45) is 0.429. The average Bonchev–Trinajstić information content (AvgIpc) is 2.25. The predicted octanol–water partition coefficient (Wildman–Crippen LogP) is 2.85. The third-order valence-electron chi connectivity index (χ3n) is 2.07. The number of aryl methyl sites for hydroxylation is 1. The molecule has 0 spiro atoms. The smallest absolute Gasteiger partial charge is 0.140 e. The van der Waals surface area contributed by atoms with E-state index in [-0.39, 0.29) is 5.84 Å². The Kier molecular flexibility index (Phi) is 4.71. The van der Waals surface area contributed by atoms with Crippen molar-refractivity contribution in [3.8, 4) is 0 Å². The van der Waals surface area contributed by atoms with Crippen LogP contribution in [0.5, 0.6) is 0 Å². The zero-order chi connectivity index (χ0) is 12.1. The van der Waals surface area contributed by atoms with Gasteiger partial charge in [-0.15, -0.1) is 0 Å². The van der Waals surface area contributed by atoms with Gasteiger partial charge >= 0.3 is 0 Å². The molecule has 16 heavy (non-hydrogen) atoms. The number of benzene rings is 1. The van der Waals surface area contributed by atoms with Crippen LogP contribution < -0.4 is 11.1 Å². The van der Waals surface area contributed by atoms with Gasteiger partial charge in [-0.05, 0) is 24.6 Å². The first-order chi connectivity index (χ1) is 7.54. The SMILES string of the molecule is Cc1cc(Cl)c(NCC/C(N)=N/O)cc1Cl. The number of nitrogens with zero attached hydrogens (tertiary/aromatic N) is 1. The molecule has 0 saturated carbocycles. The molecule has 0 aliphatic rings. The monoisotopic (exact) mass is 261 g/mol. The molecular formula is C10H13Cl2N3O. The molecule has 88 valence electrons. The Labute approximate surface area is 104 Å². The molecule has 0 aromatic heterocycles. The van der Waals surface area contributed by atoms with Gasteiger partial charge in [-0.3, -0.25) is 0 Å². The predicted molar refractivity (Wildman–Crippen MR) is 67.7 cm³/mol. The first-order valence-electron chi connectivity index (χ1n) is 4.70. The Bertz CT molecular complexity index is 407. The van der Waals surface area contributed by atoms with Gasteiger partial charge < -0.3 is 16.3 Å². The minimum atomic E-state index is 0.168. The summed E-state index contributed by atoms with van der Waals surface area (Å²) >= 11 is 12.0. The fourth-order valence-electron chi connectivity index (χ4n) is 1.16. The molecule has 0 atom stereocenters. The fourth-order valence-corrected chi connectivity index (χ4v) is 1.61. The zero-order valence-corrected chi connectivity index (χ0v) is 10.3. The van der Waals surface area contributed by atoms with Crippen LogP contribution in [0.2, 0.25) is 10.0 Å². The topological polar surface area (TPSA) is 70.6 Å². The van der Waals surface area contributed by atoms with Gasteiger partial charge in [0.05, 0.1) is 10.7 Å². The lowest BCUT2D eigenvalue weighted by Gasteiger charge is -2.09. The van der Waals surface area contributed by atoms with Crippen LogP contribution in [-0.2, 0) is 0 Å². The van der Waals surface area contributed by atoms with Crippen LogP contribution >= 0.6 is 23.2 Å². The quantitative estimate of drug-likeness (QED) is 0.338. The molecule has 0 unspecified atom stereocenters. The molecule has 6 heteroatoms. The molecule has 0 radical (unpaired) electrons. The van der Waals surface area contributed by atoms with Crippen molar-refractivity contribution in [2.24, 2.45) is 10.9 Å². The van der Waals surface area contributed by atoms with E-state index in [1.54, 1.807) is 12.1 Å². The molecule has 0 heterocycles. The van der Waals surface area contributed by atoms with E-state index in [0.717, 1.165) is 11.3 Å². The molecule has 0 fully saturated rings. The van der Waals surface area contributed by atoms with Crippen molar-refractivity contribution in [2.45, 2.75) is 13.3 Å². The lowest BCUT2D eigenvalue weighted by Crippen LogP contribution is -2.16. The summed E-state index contributed by atoms with van der Waals surface area (Å²) < 4.78 is 0. The maximum absolute atomic E-state index is 8.36. The Hall–Kier alpha value is -1.13. The number of oxime groups is 1. The standard InChI is InChI=1S/C10H13Cl2N3O/c1-6-4-8(12)9(5-7(6)11)14-3-2-10(13)15-16/h4-5,14,16H,2-3H2,1H3,(H2,13,15). The first kappa shape index (κ1) is 12.9. The van der Waals surface area contributed by atoms with E-state index in [1.165, 1.54) is 0 Å². The number of halogens is 2. The van der Waals surface area contributed by atoms with Gasteiger partial charge in [0.25, 0.3) is 0 Å². The van der Waals surface area contributed by atoms with E-state index in [1.807, 2.05) is 6.92 Å². The highest BCUT2D eigenvalue weighted by molar-refractivity contribution is 6.35. The van der Waals surface area contributed by atoms with Gasteiger partial charge in [0.1, 0.15) is 5.84 Å². The second-order valence-corrected chi connectivity index (χ2v) is 4.16. The average molecular weight is 262 g/mol. The molecule has 1 aromatic carbocycles. The largest absolute Gasteiger partial charge is 0.409 e. The maximum Gasteiger partial charge on any atom is 0.140 e. The van der Waals surface area contributed by atoms with Crippen molar-refractivity contribution < 1.29 is 5.21 Å². The summed E-state index contributed by atoms with van der Waals surface area (Å²) in [6, 6.07) is 3.54. The zero-order valence-electron chi connectivity index (χ0n) is 8.80. The molecule has 4 nitrogen and oxygen atoms in total. The molecule has 0 bridgehead atoms. The van der Waals surface area contributed by atoms with Crippen molar-refractivity contribution in [1.82, 2.24) is 0 Å². The van der Waals surface area contributed by atoms with Gasteiger partial charge in [-0.1, -0.05) is 28.4 Å². The summed E-state index contributed by atoms with van der Waals surface area (Å²) in [5, 5.41) is 15.5. The van der Waals surface area contributed by atoms with Gasteiger partial charge in [0.15, 0.2) is 0 Å². The van der Waals surface area contributed by atoms with Crippen molar-refractivity contribution >= 4 is 34.7 Å². The molecular weight excluding hydrogens is 249 g/mol. The number of hydrogen-bond donors (Lipinski definition) is 3. The second-order valence-electron chi connectivity index (χ2n) is 3.35. The van der Waals surface area contributed by atoms with E-state index in [4.69, 9.17) is 34.1 Å². The molecule has 0 aliphatic carbocycles. The molecule has 0 amide bonds. The lowest BCUT2D eigenvalue weighted by molar-refractivity contribution is 0.317. The van der Waals surface area contributed by atoms with Gasteiger partial charge in [0, 0.05) is 18.0 Å². The number of nitrogens with one attached hydrogen (secondary N) is 1. The lowest BCUT2D eigenvalue weighted by atomic mass is 10.2. The van der Waals surface area contributed by atoms with Gasteiger partial charge in [-0.2, -0.15) is 0 Å². The van der Waals surface area contributed by atoms with Gasteiger partial charge in [0.2, 0.25) is 0 Å². The van der Waals surface area contributed by atoms with Crippen LogP contribution in [0, 0.1) is 6.92 Å². The fraction of sp³-hybridized carbons (Fsp3) is 0.300. The van der Waals surface area contributed by atoms with Crippen molar-refractivity contribution in [1.29, 1.82) is 0 Å². The Morgan fingerprint density at radius 3 is 2.75 bits per heavy atom. The summed E-state index contributed by atoms with van der Waals surface area (Å²) in [7, 11) is 0. The van der Waals surface area contributed by atoms with E-state index < -0.39 is 0 Å². The van der Waals surface area contributed by atoms with Crippen molar-refractivity contribution in [3.63, 3.8) is 0 Å². The van der Waals surface area contributed by atoms with Crippen LogP contribution in [0.15, 0.2) is 17.3 Å². The minimum absolute atomic E-state index is 0.168. The third-order valence-corrected chi connectivity index (χ3v) is 2.79. The number of amidine groups is 1. The van der Waals surface area contributed by atoms with Crippen LogP contribution in [0.25, 0.3) is 0 Å². The Morgan fingerprint density at radius 1 is 1.44 bits per heavy atom. The van der Waals surface area contributed by atoms with Gasteiger partial charge in [-0.25, -0.2) is 0 Å². The van der Waals surface area contributed by atoms with Crippen molar-refractivity contribution in [2.75, 3.05) is 11.9 Å². The van der Waals surface area contributed by atoms with Crippen LogP contribution in [0.1, 0.15) is 12.0 Å². The summed E-state index contributed by atoms with van der Waals surface area (Å²) in [6.45, 7) is 2.41. The minimum Gasteiger partial charge on any atom is -0.409 e. The van der Waals surface area contributed by atoms with Crippen LogP contribution in [0.3, 0.4) is 0 Å². The van der Waals surface area contributed by atoms with Crippen LogP contribution in [-0.4, -0.2) is 17.6 Å². The van der Waals surface area contributed by atoms with E-state index in [9.17, 15) is 0 Å². The summed E-state index contributed by atoms with van der Waals surface area (Å²) in [5.74, 6) is 0.168. The molecule has 0 saturated heterocycles. The molecule has 1 rings (SSSR count). The highest BCUT2D eigenvalue weighted by Gasteiger charge is 2.04. The molecule has 4 N–H and O–H groups in total. The number of nitrogens with two attached hydrogens (primary N) is 1. The third kappa shape index (κ3) is 3.47. The highest BCUT2D eigenvalue weighted by atomic mass is 35.5. The number of rotatable bonds is 4. The number of anilines is 1. The summed E-state index contributed by atoms with van der Waals surface area (Å²) in [5.41, 5.74) is 6.99. The normalized spacial score (nSPS) is 11.6. The Balaban J connectivity index is 2.64. The van der Waals surface area contributed by atoms with Crippen LogP contribution in [0.4, 0.5) is 5.69 Å². The highest BCUT2D eigenvalue weighted by Crippen LogP contribution is 2.28. The summed E-state index contributed by atoms with van der Waals surface area (Å²) in [4.78, 5) is 0. The Morgan fingerprint density at radius 2 is 2.12 bits per heavy atom.